The molecule has 1 amide bonds. The molecule has 9 heteroatoms. The maximum absolute atomic E-state index is 13.0. The summed E-state index contributed by atoms with van der Waals surface area (Å²) < 4.78 is 23.1. The first-order valence-corrected chi connectivity index (χ1v) is 11.2. The van der Waals surface area contributed by atoms with Crippen LogP contribution < -0.4 is 15.4 Å². The first-order valence-electron chi connectivity index (χ1n) is 9.64. The number of amides is 1. The Morgan fingerprint density at radius 2 is 1.96 bits per heavy atom. The Labute approximate surface area is 174 Å². The Kier molecular flexibility index (Phi) is 7.87. The van der Waals surface area contributed by atoms with Crippen molar-refractivity contribution in [3.05, 3.63) is 23.8 Å². The Morgan fingerprint density at radius 3 is 2.57 bits per heavy atom. The van der Waals surface area contributed by atoms with Gasteiger partial charge in [0.2, 0.25) is 15.9 Å². The van der Waals surface area contributed by atoms with Gasteiger partial charge in [0.25, 0.3) is 0 Å². The predicted molar refractivity (Wildman–Crippen MR) is 113 cm³/mol. The van der Waals surface area contributed by atoms with E-state index in [0.29, 0.717) is 13.0 Å². The number of nitrogens with two attached hydrogens (primary N) is 1. The second-order valence-corrected chi connectivity index (χ2v) is 9.33. The van der Waals surface area contributed by atoms with Gasteiger partial charge in [-0.15, -0.1) is 12.4 Å². The van der Waals surface area contributed by atoms with Gasteiger partial charge in [0.1, 0.15) is 0 Å². The number of fused-ring (bicyclic) bond motifs is 1. The SMILES string of the molecule is CNCCC1CCN(CC(=O)N2c3ccc(S(N)(=O)=O)cc3CC2C)CC1.Cl. The number of benzene rings is 1. The predicted octanol–water partition coefficient (Wildman–Crippen LogP) is 1.35. The van der Waals surface area contributed by atoms with Gasteiger partial charge >= 0.3 is 0 Å². The molecule has 0 radical (unpaired) electrons. The van der Waals surface area contributed by atoms with Gasteiger partial charge in [-0.05, 0) is 89.0 Å². The number of nitrogens with one attached hydrogen (secondary N) is 1. The van der Waals surface area contributed by atoms with Gasteiger partial charge in [0.05, 0.1) is 11.4 Å². The summed E-state index contributed by atoms with van der Waals surface area (Å²) in [6.45, 7) is 5.38. The highest BCUT2D eigenvalue weighted by Gasteiger charge is 2.33. The van der Waals surface area contributed by atoms with E-state index in [0.717, 1.165) is 49.6 Å². The van der Waals surface area contributed by atoms with Gasteiger partial charge in [0, 0.05) is 11.7 Å². The molecule has 28 heavy (non-hydrogen) atoms. The van der Waals surface area contributed by atoms with Crippen LogP contribution in [0, 0.1) is 5.92 Å². The first-order chi connectivity index (χ1) is 12.8. The molecule has 1 aromatic carbocycles. The second-order valence-electron chi connectivity index (χ2n) is 7.76. The third-order valence-electron chi connectivity index (χ3n) is 5.73. The lowest BCUT2D eigenvalue weighted by atomic mass is 9.93. The van der Waals surface area contributed by atoms with Crippen molar-refractivity contribution in [3.8, 4) is 0 Å². The molecule has 158 valence electrons. The highest BCUT2D eigenvalue weighted by Crippen LogP contribution is 2.34. The average Bonchev–Trinajstić information content (AvgIpc) is 2.95. The summed E-state index contributed by atoms with van der Waals surface area (Å²) >= 11 is 0. The van der Waals surface area contributed by atoms with Crippen LogP contribution in [0.2, 0.25) is 0 Å². The average molecular weight is 431 g/mol. The summed E-state index contributed by atoms with van der Waals surface area (Å²) in [6.07, 6.45) is 4.12. The summed E-state index contributed by atoms with van der Waals surface area (Å²) in [5.74, 6) is 0.824. The fourth-order valence-corrected chi connectivity index (χ4v) is 4.78. The largest absolute Gasteiger partial charge is 0.320 e. The van der Waals surface area contributed by atoms with Crippen molar-refractivity contribution < 1.29 is 13.2 Å². The number of carbonyl (C=O) groups excluding carboxylic acids is 1. The van der Waals surface area contributed by atoms with Crippen LogP contribution in [0.25, 0.3) is 0 Å². The smallest absolute Gasteiger partial charge is 0.241 e. The summed E-state index contributed by atoms with van der Waals surface area (Å²) in [6, 6.07) is 4.82. The van der Waals surface area contributed by atoms with Crippen LogP contribution in [0.1, 0.15) is 31.7 Å². The number of anilines is 1. The summed E-state index contributed by atoms with van der Waals surface area (Å²) in [4.78, 5) is 17.1. The minimum absolute atomic E-state index is 0. The molecular formula is C19H31ClN4O3S. The molecule has 2 aliphatic heterocycles. The van der Waals surface area contributed by atoms with E-state index in [4.69, 9.17) is 5.14 Å². The molecule has 0 aromatic heterocycles. The Hall–Kier alpha value is -1.19. The molecule has 7 nitrogen and oxygen atoms in total. The van der Waals surface area contributed by atoms with Crippen molar-refractivity contribution >= 4 is 34.0 Å². The van der Waals surface area contributed by atoms with E-state index in [1.165, 1.54) is 12.5 Å². The minimum atomic E-state index is -3.73. The summed E-state index contributed by atoms with van der Waals surface area (Å²) in [5, 5.41) is 8.43. The number of nitrogens with zero attached hydrogens (tertiary/aromatic N) is 2. The second kappa shape index (κ2) is 9.54. The molecule has 1 unspecified atom stereocenters. The van der Waals surface area contributed by atoms with E-state index in [2.05, 4.69) is 10.2 Å². The van der Waals surface area contributed by atoms with Crippen LogP contribution in [0.5, 0.6) is 0 Å². The molecule has 3 N–H and O–H groups in total. The van der Waals surface area contributed by atoms with Crippen LogP contribution in [0.3, 0.4) is 0 Å². The minimum Gasteiger partial charge on any atom is -0.320 e. The molecule has 3 rings (SSSR count). The highest BCUT2D eigenvalue weighted by atomic mass is 35.5. The van der Waals surface area contributed by atoms with Crippen molar-refractivity contribution in [2.75, 3.05) is 38.1 Å². The molecule has 1 fully saturated rings. The van der Waals surface area contributed by atoms with Gasteiger partial charge in [-0.25, -0.2) is 13.6 Å². The van der Waals surface area contributed by atoms with Crippen molar-refractivity contribution in [1.82, 2.24) is 10.2 Å². The lowest BCUT2D eigenvalue weighted by Crippen LogP contribution is -2.45. The normalized spacial score (nSPS) is 20.7. The van der Waals surface area contributed by atoms with Crippen molar-refractivity contribution in [1.29, 1.82) is 0 Å². The highest BCUT2D eigenvalue weighted by molar-refractivity contribution is 7.89. The molecule has 0 spiro atoms. The molecule has 2 heterocycles. The topological polar surface area (TPSA) is 95.7 Å². The number of likely N-dealkylation sites (tertiary alicyclic amines) is 1. The molecule has 2 aliphatic rings. The third kappa shape index (κ3) is 5.24. The van der Waals surface area contributed by atoms with E-state index in [9.17, 15) is 13.2 Å². The zero-order valence-electron chi connectivity index (χ0n) is 16.6. The van der Waals surface area contributed by atoms with E-state index in [1.54, 1.807) is 12.1 Å². The number of piperidine rings is 1. The molecule has 0 saturated carbocycles. The van der Waals surface area contributed by atoms with Crippen molar-refractivity contribution in [2.24, 2.45) is 11.1 Å². The maximum Gasteiger partial charge on any atom is 0.241 e. The number of carbonyl (C=O) groups is 1. The summed E-state index contributed by atoms with van der Waals surface area (Å²) in [7, 11) is -1.75. The van der Waals surface area contributed by atoms with Gasteiger partial charge in [-0.2, -0.15) is 0 Å². The van der Waals surface area contributed by atoms with Gasteiger partial charge in [0.15, 0.2) is 0 Å². The number of sulfonamides is 1. The van der Waals surface area contributed by atoms with E-state index < -0.39 is 10.0 Å². The molecule has 1 atom stereocenters. The standard InChI is InChI=1S/C19H30N4O3S.ClH/c1-14-11-16-12-17(27(20,25)26)3-4-18(16)23(14)19(24)13-22-9-6-15(7-10-22)5-8-21-2;/h3-4,12,14-15,21H,5-11,13H2,1-2H3,(H2,20,25,26);1H. The van der Waals surface area contributed by atoms with E-state index in [1.807, 2.05) is 18.9 Å². The van der Waals surface area contributed by atoms with Gasteiger partial charge in [-0.3, -0.25) is 9.69 Å². The van der Waals surface area contributed by atoms with Gasteiger partial charge in [-0.1, -0.05) is 0 Å². The molecule has 0 aliphatic carbocycles. The maximum atomic E-state index is 13.0. The number of rotatable bonds is 6. The van der Waals surface area contributed by atoms with Crippen LogP contribution >= 0.6 is 12.4 Å². The van der Waals surface area contributed by atoms with Crippen LogP contribution in [0.15, 0.2) is 23.1 Å². The number of hydrogen-bond donors (Lipinski definition) is 2. The number of hydrogen-bond acceptors (Lipinski definition) is 5. The zero-order chi connectivity index (χ0) is 19.6. The van der Waals surface area contributed by atoms with Crippen molar-refractivity contribution in [3.63, 3.8) is 0 Å². The van der Waals surface area contributed by atoms with Crippen molar-refractivity contribution in [2.45, 2.75) is 43.5 Å². The monoisotopic (exact) mass is 430 g/mol. The fraction of sp³-hybridized carbons (Fsp3) is 0.632. The quantitative estimate of drug-likeness (QED) is 0.710. The zero-order valence-corrected chi connectivity index (χ0v) is 18.2. The number of halogens is 1. The third-order valence-corrected chi connectivity index (χ3v) is 6.64. The summed E-state index contributed by atoms with van der Waals surface area (Å²) in [5.41, 5.74) is 1.68. The molecule has 1 saturated heterocycles. The lowest BCUT2D eigenvalue weighted by molar-refractivity contribution is -0.120. The molecule has 0 bridgehead atoms. The fourth-order valence-electron chi connectivity index (χ4n) is 4.21. The van der Waals surface area contributed by atoms with Crippen LogP contribution in [0.4, 0.5) is 5.69 Å². The van der Waals surface area contributed by atoms with Gasteiger partial charge < -0.3 is 10.2 Å². The first kappa shape index (κ1) is 23.1. The Morgan fingerprint density at radius 1 is 1.29 bits per heavy atom. The van der Waals surface area contributed by atoms with E-state index >= 15 is 0 Å². The lowest BCUT2D eigenvalue weighted by Gasteiger charge is -2.33. The molecular weight excluding hydrogens is 400 g/mol. The van der Waals surface area contributed by atoms with Crippen LogP contribution in [-0.4, -0.2) is 58.5 Å². The Bertz CT molecular complexity index is 794. The molecule has 1 aromatic rings. The van der Waals surface area contributed by atoms with Crippen LogP contribution in [-0.2, 0) is 21.2 Å². The van der Waals surface area contributed by atoms with E-state index in [-0.39, 0.29) is 29.3 Å². The number of primary sulfonamides is 1. The Balaban J connectivity index is 0.00000280.